The topological polar surface area (TPSA) is 84.5 Å². The highest BCUT2D eigenvalue weighted by atomic mass is 16.5. The molecule has 1 fully saturated rings. The molecule has 2 atom stereocenters. The second-order valence-corrected chi connectivity index (χ2v) is 6.15. The molecule has 0 bridgehead atoms. The molecule has 2 amide bonds. The van der Waals surface area contributed by atoms with Gasteiger partial charge in [0.1, 0.15) is 6.54 Å². The summed E-state index contributed by atoms with van der Waals surface area (Å²) in [4.78, 5) is 35.3. The second kappa shape index (κ2) is 9.05. The minimum Gasteiger partial charge on any atom is -0.454 e. The van der Waals surface area contributed by atoms with Gasteiger partial charge in [-0.1, -0.05) is 38.0 Å². The monoisotopic (exact) mass is 332 g/mol. The van der Waals surface area contributed by atoms with E-state index in [0.29, 0.717) is 11.5 Å². The van der Waals surface area contributed by atoms with Gasteiger partial charge in [0.15, 0.2) is 6.61 Å². The highest BCUT2D eigenvalue weighted by Gasteiger charge is 2.23. The summed E-state index contributed by atoms with van der Waals surface area (Å²) in [5.74, 6) is -0.834. The molecular weight excluding hydrogens is 308 g/mol. The molecule has 2 rings (SSSR count). The first kappa shape index (κ1) is 18.0. The quantitative estimate of drug-likeness (QED) is 0.776. The zero-order valence-corrected chi connectivity index (χ0v) is 13.9. The summed E-state index contributed by atoms with van der Waals surface area (Å²) in [5, 5.41) is 5.38. The van der Waals surface area contributed by atoms with Crippen molar-refractivity contribution in [3.05, 3.63) is 35.9 Å². The largest absolute Gasteiger partial charge is 0.454 e. The van der Waals surface area contributed by atoms with Crippen molar-refractivity contribution in [2.24, 2.45) is 5.92 Å². The standard InChI is InChI=1S/C18H24N2O4/c1-13-7-5-6-10-15(13)20-16(21)12-24-17(22)11-19-18(23)14-8-3-2-4-9-14/h2-4,8-9,13,15H,5-7,10-12H2,1H3,(H,19,23)(H,20,21)/t13-,15-/m1/s1. The minimum atomic E-state index is -0.633. The normalized spacial score (nSPS) is 20.0. The first-order chi connectivity index (χ1) is 11.6. The molecule has 0 aromatic heterocycles. The molecule has 2 N–H and O–H groups in total. The third-order valence-corrected chi connectivity index (χ3v) is 4.25. The Kier molecular flexibility index (Phi) is 6.78. The van der Waals surface area contributed by atoms with E-state index in [0.717, 1.165) is 19.3 Å². The highest BCUT2D eigenvalue weighted by molar-refractivity contribution is 5.96. The molecule has 0 unspecified atom stereocenters. The summed E-state index contributed by atoms with van der Waals surface area (Å²) in [6.07, 6.45) is 4.38. The Morgan fingerprint density at radius 2 is 1.83 bits per heavy atom. The zero-order valence-electron chi connectivity index (χ0n) is 13.9. The van der Waals surface area contributed by atoms with Gasteiger partial charge in [-0.3, -0.25) is 14.4 Å². The van der Waals surface area contributed by atoms with Gasteiger partial charge in [-0.25, -0.2) is 0 Å². The maximum atomic E-state index is 11.8. The second-order valence-electron chi connectivity index (χ2n) is 6.15. The summed E-state index contributed by atoms with van der Waals surface area (Å²) in [5.41, 5.74) is 0.467. The summed E-state index contributed by atoms with van der Waals surface area (Å²) < 4.78 is 4.90. The van der Waals surface area contributed by atoms with E-state index in [1.165, 1.54) is 6.42 Å². The molecule has 1 saturated carbocycles. The number of nitrogens with one attached hydrogen (secondary N) is 2. The zero-order chi connectivity index (χ0) is 17.4. The van der Waals surface area contributed by atoms with Crippen LogP contribution < -0.4 is 10.6 Å². The van der Waals surface area contributed by atoms with Crippen molar-refractivity contribution in [3.63, 3.8) is 0 Å². The molecule has 1 aliphatic carbocycles. The fourth-order valence-electron chi connectivity index (χ4n) is 2.82. The van der Waals surface area contributed by atoms with E-state index in [4.69, 9.17) is 4.74 Å². The van der Waals surface area contributed by atoms with Crippen molar-refractivity contribution in [3.8, 4) is 0 Å². The van der Waals surface area contributed by atoms with Gasteiger partial charge in [-0.05, 0) is 30.9 Å². The summed E-state index contributed by atoms with van der Waals surface area (Å²) in [6.45, 7) is 1.54. The predicted octanol–water partition coefficient (Wildman–Crippen LogP) is 1.65. The van der Waals surface area contributed by atoms with Crippen molar-refractivity contribution >= 4 is 17.8 Å². The van der Waals surface area contributed by atoms with E-state index in [1.54, 1.807) is 30.3 Å². The smallest absolute Gasteiger partial charge is 0.325 e. The number of carbonyl (C=O) groups excluding carboxylic acids is 3. The molecule has 0 heterocycles. The molecular formula is C18H24N2O4. The third-order valence-electron chi connectivity index (χ3n) is 4.25. The Morgan fingerprint density at radius 1 is 1.12 bits per heavy atom. The highest BCUT2D eigenvalue weighted by Crippen LogP contribution is 2.23. The number of hydrogen-bond acceptors (Lipinski definition) is 4. The Bertz CT molecular complexity index is 574. The summed E-state index contributed by atoms with van der Waals surface area (Å²) >= 11 is 0. The van der Waals surface area contributed by atoms with Crippen LogP contribution in [0, 0.1) is 5.92 Å². The Balaban J connectivity index is 1.65. The molecule has 24 heavy (non-hydrogen) atoms. The maximum Gasteiger partial charge on any atom is 0.325 e. The number of amides is 2. The van der Waals surface area contributed by atoms with Gasteiger partial charge < -0.3 is 15.4 Å². The lowest BCUT2D eigenvalue weighted by atomic mass is 9.86. The van der Waals surface area contributed by atoms with Gasteiger partial charge in [0.05, 0.1) is 0 Å². The van der Waals surface area contributed by atoms with Gasteiger partial charge in [-0.2, -0.15) is 0 Å². The van der Waals surface area contributed by atoms with E-state index in [9.17, 15) is 14.4 Å². The fraction of sp³-hybridized carbons (Fsp3) is 0.500. The maximum absolute atomic E-state index is 11.8. The van der Waals surface area contributed by atoms with Crippen molar-refractivity contribution in [1.82, 2.24) is 10.6 Å². The average molecular weight is 332 g/mol. The van der Waals surface area contributed by atoms with Gasteiger partial charge in [0.2, 0.25) is 0 Å². The number of benzene rings is 1. The molecule has 1 aliphatic rings. The third kappa shape index (κ3) is 5.68. The molecule has 6 nitrogen and oxygen atoms in total. The van der Waals surface area contributed by atoms with E-state index in [1.807, 2.05) is 0 Å². The van der Waals surface area contributed by atoms with Crippen LogP contribution in [0.3, 0.4) is 0 Å². The van der Waals surface area contributed by atoms with Crippen LogP contribution in [0.25, 0.3) is 0 Å². The van der Waals surface area contributed by atoms with Crippen LogP contribution in [0.1, 0.15) is 43.0 Å². The molecule has 0 aliphatic heterocycles. The van der Waals surface area contributed by atoms with Crippen LogP contribution in [0.4, 0.5) is 0 Å². The lowest BCUT2D eigenvalue weighted by molar-refractivity contribution is -0.147. The number of esters is 1. The van der Waals surface area contributed by atoms with Crippen molar-refractivity contribution in [1.29, 1.82) is 0 Å². The van der Waals surface area contributed by atoms with Gasteiger partial charge >= 0.3 is 5.97 Å². The molecule has 1 aromatic carbocycles. The molecule has 6 heteroatoms. The van der Waals surface area contributed by atoms with Crippen LogP contribution in [0.5, 0.6) is 0 Å². The van der Waals surface area contributed by atoms with E-state index >= 15 is 0 Å². The first-order valence-corrected chi connectivity index (χ1v) is 8.34. The number of carbonyl (C=O) groups is 3. The average Bonchev–Trinajstić information content (AvgIpc) is 2.60. The van der Waals surface area contributed by atoms with Gasteiger partial charge in [0.25, 0.3) is 11.8 Å². The Labute approximate surface area is 142 Å². The Morgan fingerprint density at radius 3 is 2.54 bits per heavy atom. The van der Waals surface area contributed by atoms with Crippen molar-refractivity contribution < 1.29 is 19.1 Å². The van der Waals surface area contributed by atoms with Crippen molar-refractivity contribution in [2.75, 3.05) is 13.2 Å². The van der Waals surface area contributed by atoms with E-state index < -0.39 is 5.97 Å². The lowest BCUT2D eigenvalue weighted by Crippen LogP contribution is -2.43. The molecule has 0 radical (unpaired) electrons. The minimum absolute atomic E-state index is 0.155. The molecule has 0 spiro atoms. The van der Waals surface area contributed by atoms with Crippen LogP contribution in [-0.4, -0.2) is 37.0 Å². The summed E-state index contributed by atoms with van der Waals surface area (Å²) in [6, 6.07) is 8.74. The fourth-order valence-corrected chi connectivity index (χ4v) is 2.82. The lowest BCUT2D eigenvalue weighted by Gasteiger charge is -2.29. The van der Waals surface area contributed by atoms with E-state index in [2.05, 4.69) is 17.6 Å². The van der Waals surface area contributed by atoms with Crippen LogP contribution in [-0.2, 0) is 14.3 Å². The van der Waals surface area contributed by atoms with Gasteiger partial charge in [-0.15, -0.1) is 0 Å². The number of ether oxygens (including phenoxy) is 1. The Hall–Kier alpha value is -2.37. The molecule has 0 saturated heterocycles. The molecule has 130 valence electrons. The van der Waals surface area contributed by atoms with Gasteiger partial charge in [0, 0.05) is 11.6 Å². The SMILES string of the molecule is C[C@@H]1CCCC[C@H]1NC(=O)COC(=O)CNC(=O)c1ccccc1. The number of rotatable bonds is 6. The molecule has 1 aromatic rings. The van der Waals surface area contributed by atoms with Crippen LogP contribution in [0.2, 0.25) is 0 Å². The number of hydrogen-bond donors (Lipinski definition) is 2. The van der Waals surface area contributed by atoms with E-state index in [-0.39, 0.29) is 31.0 Å². The first-order valence-electron chi connectivity index (χ1n) is 8.34. The van der Waals surface area contributed by atoms with Crippen molar-refractivity contribution in [2.45, 2.75) is 38.6 Å². The summed E-state index contributed by atoms with van der Waals surface area (Å²) in [7, 11) is 0. The van der Waals surface area contributed by atoms with Crippen LogP contribution in [0.15, 0.2) is 30.3 Å². The predicted molar refractivity (Wildman–Crippen MR) is 89.3 cm³/mol. The van der Waals surface area contributed by atoms with Crippen LogP contribution >= 0.6 is 0 Å².